The van der Waals surface area contributed by atoms with Crippen LogP contribution in [0.5, 0.6) is 0 Å². The first-order valence-corrected chi connectivity index (χ1v) is 9.33. The second-order valence-electron chi connectivity index (χ2n) is 5.73. The molecule has 0 spiro atoms. The lowest BCUT2D eigenvalue weighted by Gasteiger charge is -2.08. The first-order valence-electron chi connectivity index (χ1n) is 8.38. The fourth-order valence-electron chi connectivity index (χ4n) is 2.66. The van der Waals surface area contributed by atoms with Crippen LogP contribution in [-0.2, 0) is 9.53 Å². The number of rotatable bonds is 6. The summed E-state index contributed by atoms with van der Waals surface area (Å²) in [5, 5.41) is 3.52. The lowest BCUT2D eigenvalue weighted by Crippen LogP contribution is -2.14. The molecule has 2 aromatic carbocycles. The van der Waals surface area contributed by atoms with Gasteiger partial charge >= 0.3 is 5.97 Å². The number of carbonyl (C=O) groups excluding carboxylic acids is 2. The molecule has 134 valence electrons. The summed E-state index contributed by atoms with van der Waals surface area (Å²) in [4.78, 5) is 24.9. The molecular formula is C23H18O3S. The quantitative estimate of drug-likeness (QED) is 0.149. The molecule has 27 heavy (non-hydrogen) atoms. The minimum atomic E-state index is -0.650. The maximum Gasteiger partial charge on any atom is 0.341 e. The topological polar surface area (TPSA) is 43.4 Å². The number of allylic oxidation sites excluding steroid dienone is 2. The Hall–Kier alpha value is -3.24. The standard InChI is InChI=1S/C23H18O3S/c1-26-23(25)21(22(24)19-14-15-27-16-19)13-12-20(17-8-4-2-5-9-17)18-10-6-3-7-11-18/h2-16H,1H3/b21-13-. The normalized spacial score (nSPS) is 10.9. The molecule has 0 saturated carbocycles. The Labute approximate surface area is 162 Å². The zero-order chi connectivity index (χ0) is 19.1. The van der Waals surface area contributed by atoms with Gasteiger partial charge in [-0.15, -0.1) is 0 Å². The molecule has 4 heteroatoms. The highest BCUT2D eigenvalue weighted by molar-refractivity contribution is 7.08. The lowest BCUT2D eigenvalue weighted by atomic mass is 9.96. The zero-order valence-electron chi connectivity index (χ0n) is 14.8. The zero-order valence-corrected chi connectivity index (χ0v) is 15.6. The molecule has 0 fully saturated rings. The van der Waals surface area contributed by atoms with E-state index in [-0.39, 0.29) is 11.4 Å². The van der Waals surface area contributed by atoms with E-state index >= 15 is 0 Å². The molecule has 1 aromatic heterocycles. The summed E-state index contributed by atoms with van der Waals surface area (Å²) in [5.41, 5.74) is 3.38. The van der Waals surface area contributed by atoms with Crippen LogP contribution in [0.25, 0.3) is 5.57 Å². The molecule has 3 rings (SSSR count). The average molecular weight is 374 g/mol. The smallest absolute Gasteiger partial charge is 0.341 e. The van der Waals surface area contributed by atoms with Crippen molar-refractivity contribution in [2.24, 2.45) is 0 Å². The van der Waals surface area contributed by atoms with Gasteiger partial charge in [0, 0.05) is 10.9 Å². The number of ketones is 1. The molecular weight excluding hydrogens is 356 g/mol. The van der Waals surface area contributed by atoms with Gasteiger partial charge in [-0.05, 0) is 34.2 Å². The third kappa shape index (κ3) is 4.49. The average Bonchev–Trinajstić information content (AvgIpc) is 3.26. The third-order valence-electron chi connectivity index (χ3n) is 4.02. The molecule has 3 nitrogen and oxygen atoms in total. The maximum atomic E-state index is 12.7. The summed E-state index contributed by atoms with van der Waals surface area (Å²) in [6, 6.07) is 21.4. The second kappa shape index (κ2) is 8.92. The Kier molecular flexibility index (Phi) is 6.13. The van der Waals surface area contributed by atoms with Crippen molar-refractivity contribution in [3.8, 4) is 0 Å². The number of hydrogen-bond donors (Lipinski definition) is 0. The van der Waals surface area contributed by atoms with Crippen LogP contribution < -0.4 is 0 Å². The van der Waals surface area contributed by atoms with E-state index in [2.05, 4.69) is 0 Å². The summed E-state index contributed by atoms with van der Waals surface area (Å²) in [6.07, 6.45) is 3.34. The number of ether oxygens (including phenoxy) is 1. The Morgan fingerprint density at radius 3 is 1.89 bits per heavy atom. The van der Waals surface area contributed by atoms with Crippen molar-refractivity contribution < 1.29 is 14.3 Å². The van der Waals surface area contributed by atoms with E-state index in [1.807, 2.05) is 60.7 Å². The van der Waals surface area contributed by atoms with Gasteiger partial charge in [0.25, 0.3) is 0 Å². The van der Waals surface area contributed by atoms with Gasteiger partial charge in [-0.3, -0.25) is 4.79 Å². The predicted molar refractivity (Wildman–Crippen MR) is 109 cm³/mol. The van der Waals surface area contributed by atoms with E-state index in [4.69, 9.17) is 4.74 Å². The first kappa shape index (κ1) is 18.5. The summed E-state index contributed by atoms with van der Waals surface area (Å²) in [5.74, 6) is -0.997. The fourth-order valence-corrected chi connectivity index (χ4v) is 3.29. The van der Waals surface area contributed by atoms with Crippen LogP contribution in [0.2, 0.25) is 0 Å². The van der Waals surface area contributed by atoms with E-state index in [1.54, 1.807) is 29.0 Å². The van der Waals surface area contributed by atoms with E-state index < -0.39 is 5.97 Å². The van der Waals surface area contributed by atoms with Gasteiger partial charge in [0.05, 0.1) is 7.11 Å². The van der Waals surface area contributed by atoms with Crippen LogP contribution in [0.4, 0.5) is 0 Å². The SMILES string of the molecule is COC(=O)/C(=C\C=C(c1ccccc1)c1ccccc1)C(=O)c1ccsc1. The largest absolute Gasteiger partial charge is 0.465 e. The maximum absolute atomic E-state index is 12.7. The molecule has 0 atom stereocenters. The molecule has 0 unspecified atom stereocenters. The van der Waals surface area contributed by atoms with Crippen molar-refractivity contribution in [2.75, 3.05) is 7.11 Å². The monoisotopic (exact) mass is 374 g/mol. The van der Waals surface area contributed by atoms with Crippen molar-refractivity contribution in [2.45, 2.75) is 0 Å². The highest BCUT2D eigenvalue weighted by atomic mass is 32.1. The molecule has 3 aromatic rings. The Morgan fingerprint density at radius 1 is 0.815 bits per heavy atom. The number of esters is 1. The van der Waals surface area contributed by atoms with E-state index in [0.29, 0.717) is 5.56 Å². The van der Waals surface area contributed by atoms with Crippen molar-refractivity contribution >= 4 is 28.7 Å². The van der Waals surface area contributed by atoms with Crippen molar-refractivity contribution in [1.82, 2.24) is 0 Å². The summed E-state index contributed by atoms with van der Waals surface area (Å²) < 4.78 is 4.82. The third-order valence-corrected chi connectivity index (χ3v) is 4.70. The number of carbonyl (C=O) groups is 2. The highest BCUT2D eigenvalue weighted by Gasteiger charge is 2.20. The molecule has 0 radical (unpaired) electrons. The van der Waals surface area contributed by atoms with Gasteiger partial charge in [-0.25, -0.2) is 4.79 Å². The highest BCUT2D eigenvalue weighted by Crippen LogP contribution is 2.24. The van der Waals surface area contributed by atoms with Crippen LogP contribution in [-0.4, -0.2) is 18.9 Å². The van der Waals surface area contributed by atoms with Crippen molar-refractivity contribution in [1.29, 1.82) is 0 Å². The van der Waals surface area contributed by atoms with E-state index in [0.717, 1.165) is 16.7 Å². The van der Waals surface area contributed by atoms with Crippen LogP contribution in [0, 0.1) is 0 Å². The Bertz CT molecular complexity index is 927. The first-order chi connectivity index (χ1) is 13.2. The Balaban J connectivity index is 2.09. The molecule has 0 aliphatic heterocycles. The molecule has 1 heterocycles. The summed E-state index contributed by atoms with van der Waals surface area (Å²) in [6.45, 7) is 0. The number of hydrogen-bond acceptors (Lipinski definition) is 4. The minimum absolute atomic E-state index is 0.000243. The summed E-state index contributed by atoms with van der Waals surface area (Å²) in [7, 11) is 1.27. The van der Waals surface area contributed by atoms with Gasteiger partial charge in [-0.2, -0.15) is 11.3 Å². The van der Waals surface area contributed by atoms with Crippen LogP contribution in [0.3, 0.4) is 0 Å². The molecule has 0 bridgehead atoms. The van der Waals surface area contributed by atoms with Gasteiger partial charge in [0.2, 0.25) is 5.78 Å². The van der Waals surface area contributed by atoms with Gasteiger partial charge in [0.1, 0.15) is 5.57 Å². The number of Topliss-reactive ketones (excluding diaryl/α,β-unsaturated/α-hetero) is 1. The van der Waals surface area contributed by atoms with E-state index in [1.165, 1.54) is 18.4 Å². The molecule has 0 aliphatic carbocycles. The van der Waals surface area contributed by atoms with Gasteiger partial charge in [0.15, 0.2) is 0 Å². The van der Waals surface area contributed by atoms with Crippen molar-refractivity contribution in [3.05, 3.63) is 112 Å². The van der Waals surface area contributed by atoms with Crippen LogP contribution in [0.1, 0.15) is 21.5 Å². The van der Waals surface area contributed by atoms with E-state index in [9.17, 15) is 9.59 Å². The molecule has 0 saturated heterocycles. The van der Waals surface area contributed by atoms with Crippen LogP contribution in [0.15, 0.2) is 95.2 Å². The molecule has 0 amide bonds. The number of methoxy groups -OCH3 is 1. The molecule has 0 aliphatic rings. The summed E-state index contributed by atoms with van der Waals surface area (Å²) >= 11 is 1.41. The van der Waals surface area contributed by atoms with Crippen LogP contribution >= 0.6 is 11.3 Å². The minimum Gasteiger partial charge on any atom is -0.465 e. The Morgan fingerprint density at radius 2 is 1.41 bits per heavy atom. The van der Waals surface area contributed by atoms with Crippen molar-refractivity contribution in [3.63, 3.8) is 0 Å². The molecule has 0 N–H and O–H groups in total. The van der Waals surface area contributed by atoms with Gasteiger partial charge < -0.3 is 4.74 Å². The number of thiophene rings is 1. The lowest BCUT2D eigenvalue weighted by molar-refractivity contribution is -0.135. The van der Waals surface area contributed by atoms with Gasteiger partial charge in [-0.1, -0.05) is 66.7 Å². The fraction of sp³-hybridized carbons (Fsp3) is 0.0435. The second-order valence-corrected chi connectivity index (χ2v) is 6.51. The number of benzene rings is 2. The predicted octanol–water partition coefficient (Wildman–Crippen LogP) is 5.16.